The van der Waals surface area contributed by atoms with E-state index in [1.807, 2.05) is 13.0 Å². The van der Waals surface area contributed by atoms with Gasteiger partial charge in [0.2, 0.25) is 0 Å². The van der Waals surface area contributed by atoms with Gasteiger partial charge in [0.25, 0.3) is 0 Å². The van der Waals surface area contributed by atoms with Crippen LogP contribution >= 0.6 is 0 Å². The highest BCUT2D eigenvalue weighted by atomic mass is 16.3. The Kier molecular flexibility index (Phi) is 2.00. The van der Waals surface area contributed by atoms with Crippen molar-refractivity contribution in [2.75, 3.05) is 5.32 Å². The fourth-order valence-corrected chi connectivity index (χ4v) is 1.88. The molecule has 0 spiro atoms. The summed E-state index contributed by atoms with van der Waals surface area (Å²) in [4.78, 5) is 0. The minimum atomic E-state index is -0.300. The summed E-state index contributed by atoms with van der Waals surface area (Å²) in [5.74, 6) is 0. The molecule has 1 aliphatic heterocycles. The summed E-state index contributed by atoms with van der Waals surface area (Å²) >= 11 is 0. The van der Waals surface area contributed by atoms with Gasteiger partial charge in [-0.25, -0.2) is 0 Å². The Labute approximate surface area is 78.6 Å². The lowest BCUT2D eigenvalue weighted by atomic mass is 9.95. The minimum absolute atomic E-state index is 0.300. The van der Waals surface area contributed by atoms with Crippen molar-refractivity contribution in [3.05, 3.63) is 29.3 Å². The molecule has 70 valence electrons. The molecule has 2 rings (SSSR count). The first-order chi connectivity index (χ1) is 6.16. The second-order valence-electron chi connectivity index (χ2n) is 3.89. The van der Waals surface area contributed by atoms with Gasteiger partial charge in [0, 0.05) is 17.3 Å². The number of rotatable bonds is 0. The van der Waals surface area contributed by atoms with Crippen molar-refractivity contribution in [2.24, 2.45) is 0 Å². The van der Waals surface area contributed by atoms with Crippen LogP contribution in [0.25, 0.3) is 0 Å². The van der Waals surface area contributed by atoms with Crippen molar-refractivity contribution in [3.63, 3.8) is 0 Å². The molecule has 1 unspecified atom stereocenters. The van der Waals surface area contributed by atoms with E-state index in [0.29, 0.717) is 6.04 Å². The molecule has 2 atom stereocenters. The van der Waals surface area contributed by atoms with E-state index in [0.717, 1.165) is 17.7 Å². The van der Waals surface area contributed by atoms with Crippen LogP contribution in [0, 0.1) is 6.92 Å². The van der Waals surface area contributed by atoms with Crippen molar-refractivity contribution in [1.82, 2.24) is 0 Å². The number of hydrogen-bond donors (Lipinski definition) is 2. The molecule has 1 aliphatic rings. The van der Waals surface area contributed by atoms with Gasteiger partial charge in [0.15, 0.2) is 0 Å². The summed E-state index contributed by atoms with van der Waals surface area (Å²) in [6.07, 6.45) is 0.502. The Hall–Kier alpha value is -1.02. The summed E-state index contributed by atoms with van der Waals surface area (Å²) in [6, 6.07) is 6.53. The number of benzene rings is 1. The molecule has 0 aliphatic carbocycles. The third kappa shape index (κ3) is 1.54. The van der Waals surface area contributed by atoms with Gasteiger partial charge in [0.05, 0.1) is 6.10 Å². The zero-order chi connectivity index (χ0) is 9.42. The number of nitrogens with one attached hydrogen (secondary N) is 1. The van der Waals surface area contributed by atoms with Crippen molar-refractivity contribution in [2.45, 2.75) is 32.4 Å². The number of hydrogen-bond acceptors (Lipinski definition) is 2. The molecule has 0 aromatic heterocycles. The molecular formula is C11H15NO. The van der Waals surface area contributed by atoms with Gasteiger partial charge in [-0.3, -0.25) is 0 Å². The first kappa shape index (κ1) is 8.57. The number of aliphatic hydroxyl groups is 1. The molecule has 0 radical (unpaired) electrons. The van der Waals surface area contributed by atoms with Gasteiger partial charge < -0.3 is 10.4 Å². The van der Waals surface area contributed by atoms with E-state index in [1.165, 1.54) is 5.56 Å². The fraction of sp³-hybridized carbons (Fsp3) is 0.455. The van der Waals surface area contributed by atoms with Gasteiger partial charge in [-0.05, 0) is 26.3 Å². The number of fused-ring (bicyclic) bond motifs is 1. The zero-order valence-corrected chi connectivity index (χ0v) is 8.04. The van der Waals surface area contributed by atoms with Gasteiger partial charge in [-0.15, -0.1) is 0 Å². The molecule has 0 fully saturated rings. The van der Waals surface area contributed by atoms with Crippen LogP contribution in [0.1, 0.15) is 30.6 Å². The average Bonchev–Trinajstić information content (AvgIpc) is 2.06. The Morgan fingerprint density at radius 1 is 1.46 bits per heavy atom. The highest BCUT2D eigenvalue weighted by Gasteiger charge is 2.21. The Morgan fingerprint density at radius 2 is 2.23 bits per heavy atom. The number of aryl methyl sites for hydroxylation is 1. The SMILES string of the molecule is Cc1ccc2c(c1)[C@H](O)CC(C)N2. The van der Waals surface area contributed by atoms with E-state index in [-0.39, 0.29) is 6.10 Å². The highest BCUT2D eigenvalue weighted by Crippen LogP contribution is 2.32. The maximum atomic E-state index is 9.82. The molecule has 1 aromatic rings. The molecule has 13 heavy (non-hydrogen) atoms. The quantitative estimate of drug-likeness (QED) is 0.637. The van der Waals surface area contributed by atoms with Crippen LogP contribution < -0.4 is 5.32 Å². The Bertz CT molecular complexity index is 322. The topological polar surface area (TPSA) is 32.3 Å². The van der Waals surface area contributed by atoms with E-state index in [4.69, 9.17) is 0 Å². The first-order valence-corrected chi connectivity index (χ1v) is 4.72. The number of anilines is 1. The number of aliphatic hydroxyl groups excluding tert-OH is 1. The van der Waals surface area contributed by atoms with Crippen molar-refractivity contribution >= 4 is 5.69 Å². The molecule has 0 saturated carbocycles. The van der Waals surface area contributed by atoms with E-state index < -0.39 is 0 Å². The van der Waals surface area contributed by atoms with Gasteiger partial charge >= 0.3 is 0 Å². The predicted octanol–water partition coefficient (Wildman–Crippen LogP) is 2.23. The van der Waals surface area contributed by atoms with Crippen LogP contribution in [-0.2, 0) is 0 Å². The predicted molar refractivity (Wildman–Crippen MR) is 53.8 cm³/mol. The van der Waals surface area contributed by atoms with Crippen molar-refractivity contribution < 1.29 is 5.11 Å². The minimum Gasteiger partial charge on any atom is -0.388 e. The van der Waals surface area contributed by atoms with E-state index >= 15 is 0 Å². The summed E-state index contributed by atoms with van der Waals surface area (Å²) in [5.41, 5.74) is 3.32. The maximum absolute atomic E-state index is 9.82. The lowest BCUT2D eigenvalue weighted by molar-refractivity contribution is 0.158. The lowest BCUT2D eigenvalue weighted by Crippen LogP contribution is -2.25. The van der Waals surface area contributed by atoms with Crippen LogP contribution in [0.15, 0.2) is 18.2 Å². The van der Waals surface area contributed by atoms with Crippen LogP contribution in [-0.4, -0.2) is 11.1 Å². The summed E-state index contributed by atoms with van der Waals surface area (Å²) < 4.78 is 0. The zero-order valence-electron chi connectivity index (χ0n) is 8.04. The van der Waals surface area contributed by atoms with Crippen LogP contribution in [0.4, 0.5) is 5.69 Å². The van der Waals surface area contributed by atoms with Gasteiger partial charge in [-0.1, -0.05) is 17.7 Å². The maximum Gasteiger partial charge on any atom is 0.0829 e. The lowest BCUT2D eigenvalue weighted by Gasteiger charge is -2.28. The third-order valence-electron chi connectivity index (χ3n) is 2.54. The molecular weight excluding hydrogens is 162 g/mol. The molecule has 1 aromatic carbocycles. The average molecular weight is 177 g/mol. The molecule has 0 amide bonds. The second kappa shape index (κ2) is 3.04. The molecule has 2 N–H and O–H groups in total. The van der Waals surface area contributed by atoms with E-state index in [1.54, 1.807) is 0 Å². The molecule has 0 bridgehead atoms. The fourth-order valence-electron chi connectivity index (χ4n) is 1.88. The summed E-state index contributed by atoms with van der Waals surface area (Å²) in [6.45, 7) is 4.14. The molecule has 0 saturated heterocycles. The van der Waals surface area contributed by atoms with Crippen LogP contribution in [0.2, 0.25) is 0 Å². The monoisotopic (exact) mass is 177 g/mol. The van der Waals surface area contributed by atoms with Crippen molar-refractivity contribution in [1.29, 1.82) is 0 Å². The normalized spacial score (nSPS) is 26.4. The molecule has 1 heterocycles. The third-order valence-corrected chi connectivity index (χ3v) is 2.54. The van der Waals surface area contributed by atoms with E-state index in [2.05, 4.69) is 24.4 Å². The first-order valence-electron chi connectivity index (χ1n) is 4.72. The van der Waals surface area contributed by atoms with Crippen molar-refractivity contribution in [3.8, 4) is 0 Å². The van der Waals surface area contributed by atoms with Gasteiger partial charge in [0.1, 0.15) is 0 Å². The Morgan fingerprint density at radius 3 is 3.00 bits per heavy atom. The molecule has 2 heteroatoms. The second-order valence-corrected chi connectivity index (χ2v) is 3.89. The Balaban J connectivity index is 2.43. The van der Waals surface area contributed by atoms with E-state index in [9.17, 15) is 5.11 Å². The highest BCUT2D eigenvalue weighted by molar-refractivity contribution is 5.56. The smallest absolute Gasteiger partial charge is 0.0829 e. The summed E-state index contributed by atoms with van der Waals surface area (Å²) in [5, 5.41) is 13.2. The van der Waals surface area contributed by atoms with Crippen LogP contribution in [0.5, 0.6) is 0 Å². The van der Waals surface area contributed by atoms with Gasteiger partial charge in [-0.2, -0.15) is 0 Å². The standard InChI is InChI=1S/C11H15NO/c1-7-3-4-10-9(5-7)11(13)6-8(2)12-10/h3-5,8,11-13H,6H2,1-2H3/t8?,11-/m1/s1. The molecule has 2 nitrogen and oxygen atoms in total. The largest absolute Gasteiger partial charge is 0.388 e. The summed E-state index contributed by atoms with van der Waals surface area (Å²) in [7, 11) is 0. The van der Waals surface area contributed by atoms with Crippen LogP contribution in [0.3, 0.4) is 0 Å².